The third kappa shape index (κ3) is 3.94. The Morgan fingerprint density at radius 2 is 1.89 bits per heavy atom. The Hall–Kier alpha value is -1.55. The Morgan fingerprint density at radius 1 is 1.14 bits per heavy atom. The highest BCUT2D eigenvalue weighted by Gasteiger charge is 2.39. The molecule has 2 heterocycles. The van der Waals surface area contributed by atoms with Crippen LogP contribution in [0.25, 0.3) is 0 Å². The molecule has 4 unspecified atom stereocenters. The Labute approximate surface area is 165 Å². The fourth-order valence-electron chi connectivity index (χ4n) is 4.61. The number of carbonyl (C=O) groups excluding carboxylic acids is 1. The molecule has 0 spiro atoms. The summed E-state index contributed by atoms with van der Waals surface area (Å²) in [7, 11) is -3.70. The average Bonchev–Trinajstić information content (AvgIpc) is 3.34. The maximum atomic E-state index is 13.1. The normalized spacial score (nSPS) is 30.9. The number of hydrazine groups is 1. The van der Waals surface area contributed by atoms with Gasteiger partial charge in [0.25, 0.3) is 0 Å². The molecule has 2 saturated heterocycles. The number of hydrogen-bond donors (Lipinski definition) is 3. The van der Waals surface area contributed by atoms with Gasteiger partial charge in [-0.05, 0) is 49.4 Å². The molecule has 0 bridgehead atoms. The van der Waals surface area contributed by atoms with Crippen molar-refractivity contribution in [2.24, 2.45) is 11.8 Å². The van der Waals surface area contributed by atoms with Crippen molar-refractivity contribution >= 4 is 15.9 Å². The van der Waals surface area contributed by atoms with E-state index in [1.165, 1.54) is 42.1 Å². The summed E-state index contributed by atoms with van der Waals surface area (Å²) < 4.78 is 39.8. The van der Waals surface area contributed by atoms with E-state index in [2.05, 4.69) is 16.2 Å². The number of hydrogen-bond acceptors (Lipinski definition) is 5. The minimum absolute atomic E-state index is 0.0551. The van der Waals surface area contributed by atoms with E-state index in [1.54, 1.807) is 0 Å². The first-order valence-corrected chi connectivity index (χ1v) is 11.4. The van der Waals surface area contributed by atoms with Crippen LogP contribution in [0.3, 0.4) is 0 Å². The standard InChI is InChI=1S/C19H27FN4O3S/c20-14-5-7-15(8-6-14)28(26,27)24-10-9-13(12-24)19(25)21-11-18-16-3-1-2-4-17(16)22-23-18/h5-8,13,16-18,22-23H,1-4,9-12H2,(H,21,25). The van der Waals surface area contributed by atoms with Crippen LogP contribution >= 0.6 is 0 Å². The maximum Gasteiger partial charge on any atom is 0.243 e. The molecule has 1 aromatic carbocycles. The van der Waals surface area contributed by atoms with E-state index in [-0.39, 0.29) is 29.3 Å². The number of nitrogens with zero attached hydrogens (tertiary/aromatic N) is 1. The van der Waals surface area contributed by atoms with Crippen LogP contribution < -0.4 is 16.2 Å². The molecule has 4 atom stereocenters. The van der Waals surface area contributed by atoms with Crippen LogP contribution in [0.1, 0.15) is 32.1 Å². The van der Waals surface area contributed by atoms with Gasteiger partial charge in [0, 0.05) is 31.7 Å². The van der Waals surface area contributed by atoms with Gasteiger partial charge in [-0.25, -0.2) is 12.8 Å². The van der Waals surface area contributed by atoms with E-state index < -0.39 is 15.8 Å². The summed E-state index contributed by atoms with van der Waals surface area (Å²) >= 11 is 0. The molecule has 1 saturated carbocycles. The number of sulfonamides is 1. The molecule has 2 aliphatic heterocycles. The first-order valence-electron chi connectivity index (χ1n) is 9.99. The van der Waals surface area contributed by atoms with Gasteiger partial charge in [0.05, 0.1) is 10.8 Å². The van der Waals surface area contributed by atoms with Gasteiger partial charge >= 0.3 is 0 Å². The molecule has 7 nitrogen and oxygen atoms in total. The highest BCUT2D eigenvalue weighted by molar-refractivity contribution is 7.89. The number of benzene rings is 1. The molecule has 1 amide bonds. The van der Waals surface area contributed by atoms with Gasteiger partial charge < -0.3 is 5.32 Å². The van der Waals surface area contributed by atoms with Crippen molar-refractivity contribution in [2.75, 3.05) is 19.6 Å². The first kappa shape index (κ1) is 19.8. The van der Waals surface area contributed by atoms with E-state index in [1.807, 2.05) is 0 Å². The molecule has 0 aromatic heterocycles. The second-order valence-corrected chi connectivity index (χ2v) is 9.94. The topological polar surface area (TPSA) is 90.5 Å². The van der Waals surface area contributed by atoms with Crippen molar-refractivity contribution in [3.8, 4) is 0 Å². The van der Waals surface area contributed by atoms with Crippen LogP contribution in [0, 0.1) is 17.7 Å². The molecular formula is C19H27FN4O3S. The van der Waals surface area contributed by atoms with Crippen molar-refractivity contribution in [3.05, 3.63) is 30.1 Å². The van der Waals surface area contributed by atoms with Crippen LogP contribution in [-0.4, -0.2) is 50.3 Å². The molecule has 0 radical (unpaired) electrons. The summed E-state index contributed by atoms with van der Waals surface area (Å²) in [6.45, 7) is 1.01. The minimum atomic E-state index is -3.70. The van der Waals surface area contributed by atoms with Crippen LogP contribution in [0.4, 0.5) is 4.39 Å². The molecular weight excluding hydrogens is 383 g/mol. The fraction of sp³-hybridized carbons (Fsp3) is 0.632. The molecule has 3 N–H and O–H groups in total. The molecule has 1 aromatic rings. The predicted octanol–water partition coefficient (Wildman–Crippen LogP) is 0.988. The van der Waals surface area contributed by atoms with Crippen LogP contribution in [0.15, 0.2) is 29.2 Å². The van der Waals surface area contributed by atoms with Gasteiger partial charge in [-0.1, -0.05) is 12.8 Å². The van der Waals surface area contributed by atoms with Gasteiger partial charge in [-0.3, -0.25) is 15.6 Å². The van der Waals surface area contributed by atoms with Gasteiger partial charge in [-0.15, -0.1) is 0 Å². The highest BCUT2D eigenvalue weighted by atomic mass is 32.2. The number of nitrogens with one attached hydrogen (secondary N) is 3. The second-order valence-electron chi connectivity index (χ2n) is 8.00. The first-order chi connectivity index (χ1) is 13.4. The number of carbonyl (C=O) groups is 1. The Balaban J connectivity index is 1.31. The quantitative estimate of drug-likeness (QED) is 0.674. The predicted molar refractivity (Wildman–Crippen MR) is 102 cm³/mol. The summed E-state index contributed by atoms with van der Waals surface area (Å²) in [4.78, 5) is 12.6. The van der Waals surface area contributed by atoms with E-state index >= 15 is 0 Å². The largest absolute Gasteiger partial charge is 0.354 e. The number of fused-ring (bicyclic) bond motifs is 1. The summed E-state index contributed by atoms with van der Waals surface area (Å²) in [5.41, 5.74) is 6.64. The zero-order valence-corrected chi connectivity index (χ0v) is 16.6. The third-order valence-corrected chi connectivity index (χ3v) is 8.14. The van der Waals surface area contributed by atoms with Crippen molar-refractivity contribution in [2.45, 2.75) is 49.1 Å². The van der Waals surface area contributed by atoms with Crippen molar-refractivity contribution in [1.82, 2.24) is 20.5 Å². The lowest BCUT2D eigenvalue weighted by molar-refractivity contribution is -0.124. The fourth-order valence-corrected chi connectivity index (χ4v) is 6.12. The lowest BCUT2D eigenvalue weighted by Crippen LogP contribution is -2.44. The molecule has 154 valence electrons. The van der Waals surface area contributed by atoms with Gasteiger partial charge in [-0.2, -0.15) is 4.31 Å². The van der Waals surface area contributed by atoms with Crippen molar-refractivity contribution in [3.63, 3.8) is 0 Å². The zero-order chi connectivity index (χ0) is 19.7. The second kappa shape index (κ2) is 8.06. The lowest BCUT2D eigenvalue weighted by atomic mass is 9.82. The highest BCUT2D eigenvalue weighted by Crippen LogP contribution is 2.30. The maximum absolute atomic E-state index is 13.1. The Morgan fingerprint density at radius 3 is 2.68 bits per heavy atom. The van der Waals surface area contributed by atoms with Crippen molar-refractivity contribution in [1.29, 1.82) is 0 Å². The lowest BCUT2D eigenvalue weighted by Gasteiger charge is -2.27. The van der Waals surface area contributed by atoms with E-state index in [0.29, 0.717) is 31.5 Å². The van der Waals surface area contributed by atoms with Crippen LogP contribution in [0.2, 0.25) is 0 Å². The molecule has 9 heteroatoms. The molecule has 28 heavy (non-hydrogen) atoms. The van der Waals surface area contributed by atoms with Crippen LogP contribution in [-0.2, 0) is 14.8 Å². The summed E-state index contributed by atoms with van der Waals surface area (Å²) in [6.07, 6.45) is 5.30. The number of halogens is 1. The third-order valence-electron chi connectivity index (χ3n) is 6.26. The SMILES string of the molecule is O=C(NCC1NNC2CCCCC21)C1CCN(S(=O)(=O)c2ccc(F)cc2)C1. The van der Waals surface area contributed by atoms with Gasteiger partial charge in [0.2, 0.25) is 15.9 Å². The van der Waals surface area contributed by atoms with Crippen molar-refractivity contribution < 1.29 is 17.6 Å². The smallest absolute Gasteiger partial charge is 0.243 e. The summed E-state index contributed by atoms with van der Waals surface area (Å²) in [5.74, 6) is -0.398. The van der Waals surface area contributed by atoms with Crippen LogP contribution in [0.5, 0.6) is 0 Å². The molecule has 3 fully saturated rings. The van der Waals surface area contributed by atoms with Gasteiger partial charge in [0.15, 0.2) is 0 Å². The van der Waals surface area contributed by atoms with Gasteiger partial charge in [0.1, 0.15) is 5.82 Å². The number of amides is 1. The Kier molecular flexibility index (Phi) is 5.69. The minimum Gasteiger partial charge on any atom is -0.354 e. The monoisotopic (exact) mass is 410 g/mol. The molecule has 4 rings (SSSR count). The summed E-state index contributed by atoms with van der Waals surface area (Å²) in [5, 5.41) is 3.01. The van der Waals surface area contributed by atoms with E-state index in [0.717, 1.165) is 12.1 Å². The Bertz CT molecular complexity index is 817. The summed E-state index contributed by atoms with van der Waals surface area (Å²) in [6, 6.07) is 5.49. The zero-order valence-electron chi connectivity index (χ0n) is 15.7. The van der Waals surface area contributed by atoms with E-state index in [4.69, 9.17) is 0 Å². The van der Waals surface area contributed by atoms with E-state index in [9.17, 15) is 17.6 Å². The number of rotatable bonds is 5. The average molecular weight is 411 g/mol. The molecule has 3 aliphatic rings. The molecule has 1 aliphatic carbocycles.